The first kappa shape index (κ1) is 50.7. The second-order valence-electron chi connectivity index (χ2n) is 13.2. The van der Waals surface area contributed by atoms with Gasteiger partial charge in [0, 0.05) is 7.14 Å². The predicted molar refractivity (Wildman–Crippen MR) is 293 cm³/mol. The van der Waals surface area contributed by atoms with Crippen LogP contribution in [0.5, 0.6) is 46.0 Å². The Bertz CT molecular complexity index is 2680. The first-order chi connectivity index (χ1) is 31.1. The van der Waals surface area contributed by atoms with Crippen molar-refractivity contribution < 1.29 is 64.8 Å². The van der Waals surface area contributed by atoms with Gasteiger partial charge in [0.15, 0.2) is 46.0 Å². The van der Waals surface area contributed by atoms with Gasteiger partial charge in [-0.3, -0.25) is 19.2 Å². The number of para-hydroxylation sites is 4. The molecule has 0 aromatic heterocycles. The number of phenols is 8. The number of benzene rings is 6. The van der Waals surface area contributed by atoms with Crippen molar-refractivity contribution in [2.45, 2.75) is 0 Å². The average Bonchev–Trinajstić information content (AvgIpc) is 3.25. The number of aromatic hydroxyl groups is 8. The maximum Gasteiger partial charge on any atom is 0.323 e. The maximum atomic E-state index is 14.3. The van der Waals surface area contributed by atoms with Crippen LogP contribution < -0.4 is 31.9 Å². The van der Waals surface area contributed by atoms with Crippen LogP contribution in [0.15, 0.2) is 72.8 Å². The third-order valence-electron chi connectivity index (χ3n) is 9.07. The lowest BCUT2D eigenvalue weighted by molar-refractivity contribution is 0.100. The zero-order valence-electron chi connectivity index (χ0n) is 32.3. The van der Waals surface area contributed by atoms with Gasteiger partial charge in [-0.1, -0.05) is 24.3 Å². The smallest absolute Gasteiger partial charge is 0.323 e. The Morgan fingerprint density at radius 3 is 0.742 bits per heavy atom. The fourth-order valence-corrected chi connectivity index (χ4v) is 14.7. The highest BCUT2D eigenvalue weighted by molar-refractivity contribution is 14.1. The fraction of sp³-hybridized carbons (Fsp3) is 0. The summed E-state index contributed by atoms with van der Waals surface area (Å²) in [5.41, 5.74) is -1.80. The summed E-state index contributed by atoms with van der Waals surface area (Å²) in [5, 5.41) is 97.5. The summed E-state index contributed by atoms with van der Waals surface area (Å²) in [4.78, 5) is 70.6. The number of halogens is 6. The molecule has 0 aliphatic rings. The molecule has 14 N–H and O–H groups in total. The van der Waals surface area contributed by atoms with Crippen molar-refractivity contribution in [3.05, 3.63) is 116 Å². The Labute approximate surface area is 453 Å². The van der Waals surface area contributed by atoms with Crippen LogP contribution in [0.2, 0.25) is 0 Å². The summed E-state index contributed by atoms with van der Waals surface area (Å²) >= 11 is 10.5. The lowest BCUT2D eigenvalue weighted by atomic mass is 10.1. The largest absolute Gasteiger partial charge is 0.504 e. The maximum absolute atomic E-state index is 14.3. The minimum atomic E-state index is -1.04. The fourth-order valence-electron chi connectivity index (χ4n) is 5.87. The normalized spacial score (nSPS) is 10.8. The van der Waals surface area contributed by atoms with Gasteiger partial charge in [0.1, 0.15) is 0 Å². The summed E-state index contributed by atoms with van der Waals surface area (Å²) < 4.78 is 0.322. The molecule has 6 rings (SSSR count). The van der Waals surface area contributed by atoms with E-state index in [-0.39, 0.29) is 77.8 Å². The molecule has 0 spiro atoms. The van der Waals surface area contributed by atoms with E-state index in [1.54, 1.807) is 136 Å². The lowest BCUT2D eigenvalue weighted by Gasteiger charge is -2.22. The number of amides is 6. The van der Waals surface area contributed by atoms with Crippen LogP contribution in [0, 0.1) is 21.4 Å². The summed E-state index contributed by atoms with van der Waals surface area (Å²) in [6, 6.07) is 14.3. The molecule has 25 heteroatoms. The summed E-state index contributed by atoms with van der Waals surface area (Å²) in [6.07, 6.45) is 0. The number of hydrogen-bond donors (Lipinski definition) is 14. The minimum Gasteiger partial charge on any atom is -0.504 e. The van der Waals surface area contributed by atoms with Gasteiger partial charge in [0.25, 0.3) is 23.6 Å². The molecule has 0 radical (unpaired) electrons. The van der Waals surface area contributed by atoms with Crippen LogP contribution in [0.1, 0.15) is 41.4 Å². The van der Waals surface area contributed by atoms with E-state index in [1.807, 2.05) is 0 Å². The number of carbonyl (C=O) groups excluding carboxylic acids is 5. The Balaban J connectivity index is 1.47. The van der Waals surface area contributed by atoms with Crippen molar-refractivity contribution >= 4 is 199 Å². The third-order valence-corrected chi connectivity index (χ3v) is 15.5. The molecule has 0 saturated heterocycles. The number of anilines is 6. The third kappa shape index (κ3) is 10.4. The molecule has 0 unspecified atom stereocenters. The molecular weight excluding hydrogens is 1550 g/mol. The molecule has 0 aliphatic heterocycles. The summed E-state index contributed by atoms with van der Waals surface area (Å²) in [7, 11) is 0. The molecule has 66 heavy (non-hydrogen) atoms. The highest BCUT2D eigenvalue weighted by Crippen LogP contribution is 2.42. The quantitative estimate of drug-likeness (QED) is 0.0449. The van der Waals surface area contributed by atoms with Crippen LogP contribution in [-0.4, -0.2) is 70.5 Å². The second-order valence-corrected chi connectivity index (χ2v) is 19.7. The molecule has 0 saturated carbocycles. The number of rotatable bonds is 10. The monoisotopic (exact) mass is 1570 g/mol. The minimum absolute atomic E-state index is 0.0326. The van der Waals surface area contributed by atoms with Crippen LogP contribution in [0.3, 0.4) is 0 Å². The van der Waals surface area contributed by atoms with E-state index in [9.17, 15) is 64.8 Å². The van der Waals surface area contributed by atoms with E-state index < -0.39 is 75.7 Å². The van der Waals surface area contributed by atoms with Gasteiger partial charge >= 0.3 is 6.03 Å². The molecule has 0 bridgehead atoms. The Morgan fingerprint density at radius 1 is 0.318 bits per heavy atom. The van der Waals surface area contributed by atoms with E-state index in [4.69, 9.17) is 0 Å². The summed E-state index contributed by atoms with van der Waals surface area (Å²) in [5.74, 6) is -8.39. The molecule has 6 aromatic rings. The van der Waals surface area contributed by atoms with Gasteiger partial charge in [-0.15, -0.1) is 0 Å². The first-order valence-electron chi connectivity index (χ1n) is 17.9. The number of phenolic OH excluding ortho intramolecular Hbond substituents is 8. The van der Waals surface area contributed by atoms with Crippen molar-refractivity contribution in [3.63, 3.8) is 0 Å². The Kier molecular flexibility index (Phi) is 16.2. The first-order valence-corrected chi connectivity index (χ1v) is 24.4. The second kappa shape index (κ2) is 21.0. The molecule has 0 heterocycles. The molecule has 0 fully saturated rings. The Hall–Kier alpha value is -4.75. The molecule has 0 aliphatic carbocycles. The van der Waals surface area contributed by atoms with Crippen molar-refractivity contribution in [3.8, 4) is 46.0 Å². The number of carbonyl (C=O) groups is 5. The number of urea groups is 1. The van der Waals surface area contributed by atoms with Gasteiger partial charge in [0.05, 0.1) is 70.7 Å². The SMILES string of the molecule is O=C(Nc1c(I)c(C(=O)Nc2cccc(O)c2O)c(I)c(C(=O)Nc2cccc(O)c2O)c1I)Nc1c(I)c(C(=O)Nc2cccc(O)c2O)c(I)c(C(=O)Nc2cccc(O)c2O)c1I. The van der Waals surface area contributed by atoms with E-state index in [1.165, 1.54) is 72.8 Å². The molecule has 6 amide bonds. The van der Waals surface area contributed by atoms with Crippen LogP contribution in [0.25, 0.3) is 0 Å². The standard InChI is InChI=1S/C41H26I6N6O13/c42-25-21(37(62)48-13-5-1-9-17(54)33(13)58)27(44)31(28(45)22(25)38(63)49-14-6-2-10-18(55)34(14)59)52-41(66)53-32-29(46)23(39(64)50-15-7-3-11-19(56)35(15)60)26(43)24(30(32)47)40(65)51-16-8-4-12-20(57)36(16)61/h1-12,54-61H,(H,48,62)(H,49,63)(H,50,64)(H,51,65)(H2,52,53,66). The average molecular weight is 1570 g/mol. The van der Waals surface area contributed by atoms with Crippen molar-refractivity contribution in [1.82, 2.24) is 0 Å². The predicted octanol–water partition coefficient (Wildman–Crippen LogP) is 9.61. The van der Waals surface area contributed by atoms with Crippen molar-refractivity contribution in [2.75, 3.05) is 31.9 Å². The van der Waals surface area contributed by atoms with Crippen LogP contribution >= 0.6 is 136 Å². The topological polar surface area (TPSA) is 319 Å². The molecule has 6 aromatic carbocycles. The van der Waals surface area contributed by atoms with E-state index in [2.05, 4.69) is 31.9 Å². The van der Waals surface area contributed by atoms with Crippen LogP contribution in [0.4, 0.5) is 38.9 Å². The van der Waals surface area contributed by atoms with E-state index in [0.29, 0.717) is 0 Å². The van der Waals surface area contributed by atoms with Crippen molar-refractivity contribution in [2.24, 2.45) is 0 Å². The zero-order chi connectivity index (χ0) is 48.5. The van der Waals surface area contributed by atoms with Gasteiger partial charge in [-0.2, -0.15) is 0 Å². The van der Waals surface area contributed by atoms with E-state index in [0.717, 1.165) is 0 Å². The van der Waals surface area contributed by atoms with Crippen molar-refractivity contribution in [1.29, 1.82) is 0 Å². The van der Waals surface area contributed by atoms with Gasteiger partial charge in [0.2, 0.25) is 0 Å². The highest BCUT2D eigenvalue weighted by atomic mass is 127. The zero-order valence-corrected chi connectivity index (χ0v) is 45.3. The number of nitrogens with one attached hydrogen (secondary N) is 6. The number of hydrogen-bond acceptors (Lipinski definition) is 13. The highest BCUT2D eigenvalue weighted by Gasteiger charge is 2.33. The molecular formula is C41H26I6N6O13. The van der Waals surface area contributed by atoms with Gasteiger partial charge in [-0.05, 0) is 184 Å². The van der Waals surface area contributed by atoms with E-state index >= 15 is 0 Å². The lowest BCUT2D eigenvalue weighted by Crippen LogP contribution is -2.28. The van der Waals surface area contributed by atoms with Gasteiger partial charge < -0.3 is 72.8 Å². The molecule has 340 valence electrons. The van der Waals surface area contributed by atoms with Gasteiger partial charge in [-0.25, -0.2) is 4.79 Å². The molecule has 19 nitrogen and oxygen atoms in total. The Morgan fingerprint density at radius 2 is 0.530 bits per heavy atom. The molecule has 0 atom stereocenters. The van der Waals surface area contributed by atoms with Crippen LogP contribution in [-0.2, 0) is 0 Å². The summed E-state index contributed by atoms with van der Waals surface area (Å²) in [6.45, 7) is 0.